The average Bonchev–Trinajstić information content (AvgIpc) is 3.30. The number of ether oxygens (including phenoxy) is 2. The van der Waals surface area contributed by atoms with Crippen LogP contribution in [0.25, 0.3) is 6.08 Å². The van der Waals surface area contributed by atoms with Crippen molar-refractivity contribution in [1.29, 1.82) is 0 Å². The number of thioether (sulfide) groups is 1. The third kappa shape index (κ3) is 4.87. The number of hydrogen-bond acceptors (Lipinski definition) is 6. The summed E-state index contributed by atoms with van der Waals surface area (Å²) in [6.45, 7) is 5.68. The lowest BCUT2D eigenvalue weighted by molar-refractivity contribution is -0.135. The van der Waals surface area contributed by atoms with Gasteiger partial charge in [-0.05, 0) is 62.2 Å². The molecule has 0 saturated carbocycles. The van der Waals surface area contributed by atoms with Crippen LogP contribution in [-0.2, 0) is 9.59 Å². The van der Waals surface area contributed by atoms with Crippen LogP contribution in [0, 0.1) is 0 Å². The molecule has 2 saturated heterocycles. The molecule has 0 atom stereocenters. The molecule has 0 aromatic heterocycles. The first-order valence-electron chi connectivity index (χ1n) is 9.56. The molecule has 0 spiro atoms. The molecule has 156 valence electrons. The SMILES string of the molecule is CCOc1cc(/C=C2/SC(=O)N(CC(=O)N3CCCC3)C2=O)cc(Cl)c1OCC. The van der Waals surface area contributed by atoms with Crippen LogP contribution < -0.4 is 9.47 Å². The largest absolute Gasteiger partial charge is 0.490 e. The molecule has 2 aliphatic rings. The van der Waals surface area contributed by atoms with Crippen molar-refractivity contribution in [3.8, 4) is 11.5 Å². The van der Waals surface area contributed by atoms with Crippen molar-refractivity contribution in [2.75, 3.05) is 32.8 Å². The molecular weight excluding hydrogens is 416 g/mol. The van der Waals surface area contributed by atoms with Gasteiger partial charge in [0.05, 0.1) is 23.1 Å². The molecule has 2 heterocycles. The van der Waals surface area contributed by atoms with Crippen LogP contribution in [0.2, 0.25) is 5.02 Å². The Morgan fingerprint density at radius 2 is 1.86 bits per heavy atom. The van der Waals surface area contributed by atoms with Gasteiger partial charge in [-0.15, -0.1) is 0 Å². The maximum Gasteiger partial charge on any atom is 0.294 e. The van der Waals surface area contributed by atoms with Crippen LogP contribution in [0.1, 0.15) is 32.3 Å². The third-order valence-corrected chi connectivity index (χ3v) is 5.73. The Balaban J connectivity index is 1.80. The van der Waals surface area contributed by atoms with Crippen LogP contribution in [0.15, 0.2) is 17.0 Å². The van der Waals surface area contributed by atoms with Crippen molar-refractivity contribution in [3.05, 3.63) is 27.6 Å². The minimum atomic E-state index is -0.476. The summed E-state index contributed by atoms with van der Waals surface area (Å²) < 4.78 is 11.1. The highest BCUT2D eigenvalue weighted by Gasteiger charge is 2.37. The van der Waals surface area contributed by atoms with Gasteiger partial charge in [-0.25, -0.2) is 0 Å². The smallest absolute Gasteiger partial charge is 0.294 e. The molecular formula is C20H23ClN2O5S. The number of likely N-dealkylation sites (tertiary alicyclic amines) is 1. The molecule has 0 radical (unpaired) electrons. The first-order chi connectivity index (χ1) is 13.9. The van der Waals surface area contributed by atoms with Crippen molar-refractivity contribution in [1.82, 2.24) is 9.80 Å². The Morgan fingerprint density at radius 3 is 2.52 bits per heavy atom. The zero-order valence-electron chi connectivity index (χ0n) is 16.4. The van der Waals surface area contributed by atoms with E-state index in [-0.39, 0.29) is 17.4 Å². The number of hydrogen-bond donors (Lipinski definition) is 0. The maximum atomic E-state index is 12.7. The molecule has 29 heavy (non-hydrogen) atoms. The van der Waals surface area contributed by atoms with Gasteiger partial charge in [-0.2, -0.15) is 0 Å². The van der Waals surface area contributed by atoms with Gasteiger partial charge in [-0.3, -0.25) is 19.3 Å². The molecule has 0 bridgehead atoms. The number of rotatable bonds is 7. The summed E-state index contributed by atoms with van der Waals surface area (Å²) in [6, 6.07) is 3.36. The van der Waals surface area contributed by atoms with Gasteiger partial charge in [0, 0.05) is 13.1 Å². The summed E-state index contributed by atoms with van der Waals surface area (Å²) >= 11 is 7.13. The predicted octanol–water partition coefficient (Wildman–Crippen LogP) is 3.80. The zero-order valence-corrected chi connectivity index (χ0v) is 18.0. The predicted molar refractivity (Wildman–Crippen MR) is 112 cm³/mol. The number of amides is 3. The fourth-order valence-electron chi connectivity index (χ4n) is 3.21. The highest BCUT2D eigenvalue weighted by atomic mass is 35.5. The Bertz CT molecular complexity index is 852. The van der Waals surface area contributed by atoms with Gasteiger partial charge >= 0.3 is 0 Å². The molecule has 1 aromatic rings. The number of nitrogens with zero attached hydrogens (tertiary/aromatic N) is 2. The minimum Gasteiger partial charge on any atom is -0.490 e. The van der Waals surface area contributed by atoms with Crippen LogP contribution in [0.4, 0.5) is 4.79 Å². The average molecular weight is 439 g/mol. The van der Waals surface area contributed by atoms with E-state index in [4.69, 9.17) is 21.1 Å². The molecule has 0 unspecified atom stereocenters. The normalized spacial score (nSPS) is 18.1. The van der Waals surface area contributed by atoms with Crippen LogP contribution >= 0.6 is 23.4 Å². The standard InChI is InChI=1S/C20H23ClN2O5S/c1-3-27-15-10-13(9-14(21)18(15)28-4-2)11-16-19(25)23(20(26)29-16)12-17(24)22-7-5-6-8-22/h9-11H,3-8,12H2,1-2H3/b16-11+. The summed E-state index contributed by atoms with van der Waals surface area (Å²) in [4.78, 5) is 40.2. The first kappa shape index (κ1) is 21.5. The summed E-state index contributed by atoms with van der Waals surface area (Å²) in [7, 11) is 0. The van der Waals surface area contributed by atoms with Crippen molar-refractivity contribution in [2.45, 2.75) is 26.7 Å². The van der Waals surface area contributed by atoms with E-state index >= 15 is 0 Å². The topological polar surface area (TPSA) is 76.2 Å². The lowest BCUT2D eigenvalue weighted by Crippen LogP contribution is -2.40. The Morgan fingerprint density at radius 1 is 1.17 bits per heavy atom. The van der Waals surface area contributed by atoms with E-state index in [1.54, 1.807) is 23.1 Å². The Labute approximate surface area is 178 Å². The van der Waals surface area contributed by atoms with E-state index in [1.807, 2.05) is 13.8 Å². The summed E-state index contributed by atoms with van der Waals surface area (Å²) in [5.41, 5.74) is 0.610. The van der Waals surface area contributed by atoms with Crippen LogP contribution in [0.3, 0.4) is 0 Å². The van der Waals surface area contributed by atoms with Crippen molar-refractivity contribution >= 4 is 46.5 Å². The number of carbonyl (C=O) groups excluding carboxylic acids is 3. The van der Waals surface area contributed by atoms with Gasteiger partial charge in [0.1, 0.15) is 6.54 Å². The number of halogens is 1. The lowest BCUT2D eigenvalue weighted by Gasteiger charge is -2.18. The van der Waals surface area contributed by atoms with Crippen LogP contribution in [-0.4, -0.2) is 59.7 Å². The fourth-order valence-corrected chi connectivity index (χ4v) is 4.32. The first-order valence-corrected chi connectivity index (χ1v) is 10.8. The van der Waals surface area contributed by atoms with Crippen molar-refractivity contribution in [2.24, 2.45) is 0 Å². The highest BCUT2D eigenvalue weighted by Crippen LogP contribution is 2.39. The highest BCUT2D eigenvalue weighted by molar-refractivity contribution is 8.18. The van der Waals surface area contributed by atoms with Crippen LogP contribution in [0.5, 0.6) is 11.5 Å². The molecule has 2 fully saturated rings. The van der Waals surface area contributed by atoms with Gasteiger partial charge < -0.3 is 14.4 Å². The lowest BCUT2D eigenvalue weighted by atomic mass is 10.1. The van der Waals surface area contributed by atoms with Gasteiger partial charge in [0.25, 0.3) is 11.1 Å². The molecule has 0 aliphatic carbocycles. The quantitative estimate of drug-likeness (QED) is 0.603. The second-order valence-corrected chi connectivity index (χ2v) is 7.95. The monoisotopic (exact) mass is 438 g/mol. The van der Waals surface area contributed by atoms with E-state index in [2.05, 4.69) is 0 Å². The van der Waals surface area contributed by atoms with E-state index in [0.717, 1.165) is 29.5 Å². The summed E-state index contributed by atoms with van der Waals surface area (Å²) in [5.74, 6) is 0.235. The van der Waals surface area contributed by atoms with Gasteiger partial charge in [-0.1, -0.05) is 11.6 Å². The van der Waals surface area contributed by atoms with Gasteiger partial charge in [0.15, 0.2) is 11.5 Å². The maximum absolute atomic E-state index is 12.7. The zero-order chi connectivity index (χ0) is 21.0. The van der Waals surface area contributed by atoms with E-state index in [1.165, 1.54) is 0 Å². The third-order valence-electron chi connectivity index (χ3n) is 4.54. The molecule has 3 rings (SSSR count). The van der Waals surface area contributed by atoms with E-state index in [9.17, 15) is 14.4 Å². The second-order valence-electron chi connectivity index (χ2n) is 6.55. The number of carbonyl (C=O) groups is 3. The molecule has 1 aromatic carbocycles. The van der Waals surface area contributed by atoms with Crippen molar-refractivity contribution < 1.29 is 23.9 Å². The van der Waals surface area contributed by atoms with Crippen molar-refractivity contribution in [3.63, 3.8) is 0 Å². The van der Waals surface area contributed by atoms with E-state index in [0.29, 0.717) is 48.4 Å². The summed E-state index contributed by atoms with van der Waals surface area (Å²) in [6.07, 6.45) is 3.48. The molecule has 9 heteroatoms. The van der Waals surface area contributed by atoms with E-state index < -0.39 is 11.1 Å². The second kappa shape index (κ2) is 9.54. The number of imide groups is 1. The minimum absolute atomic E-state index is 0.200. The van der Waals surface area contributed by atoms with Gasteiger partial charge in [0.2, 0.25) is 5.91 Å². The summed E-state index contributed by atoms with van der Waals surface area (Å²) in [5, 5.41) is -0.0941. The Hall–Kier alpha value is -2.19. The molecule has 3 amide bonds. The molecule has 0 N–H and O–H groups in total. The molecule has 7 nitrogen and oxygen atoms in total. The number of benzene rings is 1. The molecule has 2 aliphatic heterocycles. The fraction of sp³-hybridized carbons (Fsp3) is 0.450. The Kier molecular flexibility index (Phi) is 7.08.